The van der Waals surface area contributed by atoms with Crippen LogP contribution in [0.1, 0.15) is 11.6 Å². The van der Waals surface area contributed by atoms with Crippen molar-refractivity contribution in [1.82, 2.24) is 15.2 Å². The third kappa shape index (κ3) is 6.14. The predicted molar refractivity (Wildman–Crippen MR) is 109 cm³/mol. The maximum atomic E-state index is 5.97. The van der Waals surface area contributed by atoms with E-state index in [0.717, 1.165) is 53.6 Å². The average Bonchev–Trinajstić information content (AvgIpc) is 3.15. The quantitative estimate of drug-likeness (QED) is 0.665. The molecule has 3 rings (SSSR count). The van der Waals surface area contributed by atoms with Gasteiger partial charge in [-0.25, -0.2) is 4.98 Å². The minimum absolute atomic E-state index is 0.0343. The first kappa shape index (κ1) is 20.0. The van der Waals surface area contributed by atoms with E-state index in [1.165, 1.54) is 6.39 Å². The van der Waals surface area contributed by atoms with Crippen LogP contribution in [0.15, 0.2) is 69.5 Å². The number of nitrogens with one attached hydrogen (secondary N) is 1. The molecule has 0 bridgehead atoms. The fourth-order valence-corrected chi connectivity index (χ4v) is 3.74. The molecule has 1 saturated heterocycles. The zero-order chi connectivity index (χ0) is 18.9. The summed E-state index contributed by atoms with van der Waals surface area (Å²) in [6.45, 7) is 4.47. The summed E-state index contributed by atoms with van der Waals surface area (Å²) >= 11 is 7.52. The van der Waals surface area contributed by atoms with Crippen LogP contribution in [0.4, 0.5) is 0 Å². The van der Waals surface area contributed by atoms with E-state index in [-0.39, 0.29) is 5.92 Å². The van der Waals surface area contributed by atoms with Crippen LogP contribution in [0.2, 0.25) is 5.02 Å². The Hall–Kier alpha value is -1.73. The third-order valence-corrected chi connectivity index (χ3v) is 5.43. The van der Waals surface area contributed by atoms with Gasteiger partial charge in [-0.15, -0.1) is 0 Å². The number of hydrogen-bond acceptors (Lipinski definition) is 6. The van der Waals surface area contributed by atoms with Crippen molar-refractivity contribution in [2.75, 3.05) is 39.9 Å². The highest BCUT2D eigenvalue weighted by Gasteiger charge is 2.17. The lowest BCUT2D eigenvalue weighted by atomic mass is 10.1. The van der Waals surface area contributed by atoms with Gasteiger partial charge in [0, 0.05) is 42.5 Å². The Morgan fingerprint density at radius 1 is 1.26 bits per heavy atom. The Labute approximate surface area is 169 Å². The van der Waals surface area contributed by atoms with E-state index >= 15 is 0 Å². The number of morpholine rings is 1. The van der Waals surface area contributed by atoms with Gasteiger partial charge in [0.05, 0.1) is 13.2 Å². The lowest BCUT2D eigenvalue weighted by Crippen LogP contribution is -2.36. The van der Waals surface area contributed by atoms with Gasteiger partial charge in [0.1, 0.15) is 5.69 Å². The summed E-state index contributed by atoms with van der Waals surface area (Å²) in [5.41, 5.74) is 0.902. The van der Waals surface area contributed by atoms with Gasteiger partial charge >= 0.3 is 0 Å². The molecule has 1 aliphatic rings. The zero-order valence-electron chi connectivity index (χ0n) is 15.3. The second kappa shape index (κ2) is 10.6. The van der Waals surface area contributed by atoms with E-state index in [4.69, 9.17) is 20.8 Å². The summed E-state index contributed by atoms with van der Waals surface area (Å²) in [6, 6.07) is 7.71. The fourth-order valence-electron chi connectivity index (χ4n) is 2.74. The summed E-state index contributed by atoms with van der Waals surface area (Å²) in [4.78, 5) is 7.91. The molecule has 1 fully saturated rings. The second-order valence-corrected chi connectivity index (χ2v) is 7.58. The number of hydrogen-bond donors (Lipinski definition) is 1. The molecule has 2 heterocycles. The van der Waals surface area contributed by atoms with Gasteiger partial charge in [0.25, 0.3) is 0 Å². The lowest BCUT2D eigenvalue weighted by Gasteiger charge is -2.25. The van der Waals surface area contributed by atoms with Crippen LogP contribution in [0.25, 0.3) is 0 Å². The minimum atomic E-state index is 0.0343. The maximum Gasteiger partial charge on any atom is 0.189 e. The SMILES string of the molecule is CNC=CC(/C=C\CN1CCOCC1)c1ncoc1Sc1ccc(Cl)cc1. The molecule has 0 saturated carbocycles. The number of allylic oxidation sites excluding steroid dienone is 2. The smallest absolute Gasteiger partial charge is 0.189 e. The van der Waals surface area contributed by atoms with Gasteiger partial charge in [-0.2, -0.15) is 0 Å². The first-order valence-electron chi connectivity index (χ1n) is 8.94. The van der Waals surface area contributed by atoms with Crippen LogP contribution in [0.5, 0.6) is 0 Å². The van der Waals surface area contributed by atoms with Crippen LogP contribution < -0.4 is 5.32 Å². The predicted octanol–water partition coefficient (Wildman–Crippen LogP) is 4.18. The molecule has 27 heavy (non-hydrogen) atoms. The number of benzene rings is 1. The van der Waals surface area contributed by atoms with Crippen LogP contribution in [-0.2, 0) is 4.74 Å². The van der Waals surface area contributed by atoms with Crippen LogP contribution in [-0.4, -0.2) is 49.8 Å². The van der Waals surface area contributed by atoms with Crippen LogP contribution >= 0.6 is 23.4 Å². The second-order valence-electron chi connectivity index (χ2n) is 6.10. The molecule has 1 atom stereocenters. The van der Waals surface area contributed by atoms with Crippen molar-refractivity contribution in [2.45, 2.75) is 15.9 Å². The minimum Gasteiger partial charge on any atom is -0.437 e. The van der Waals surface area contributed by atoms with Gasteiger partial charge in [0.15, 0.2) is 11.5 Å². The Balaban J connectivity index is 1.71. The number of halogens is 1. The van der Waals surface area contributed by atoms with Crippen molar-refractivity contribution < 1.29 is 9.15 Å². The average molecular weight is 406 g/mol. The van der Waals surface area contributed by atoms with E-state index in [0.29, 0.717) is 0 Å². The first-order valence-corrected chi connectivity index (χ1v) is 10.1. The molecule has 0 aliphatic carbocycles. The largest absolute Gasteiger partial charge is 0.437 e. The molecule has 0 radical (unpaired) electrons. The zero-order valence-corrected chi connectivity index (χ0v) is 16.9. The van der Waals surface area contributed by atoms with Crippen molar-refractivity contribution >= 4 is 23.4 Å². The van der Waals surface area contributed by atoms with Gasteiger partial charge in [-0.05, 0) is 30.5 Å². The Kier molecular flexibility index (Phi) is 7.83. The Bertz CT molecular complexity index is 755. The molecule has 1 aromatic carbocycles. The highest BCUT2D eigenvalue weighted by molar-refractivity contribution is 7.99. The molecule has 1 N–H and O–H groups in total. The van der Waals surface area contributed by atoms with Gasteiger partial charge in [-0.1, -0.05) is 41.6 Å². The third-order valence-electron chi connectivity index (χ3n) is 4.18. The summed E-state index contributed by atoms with van der Waals surface area (Å²) in [5, 5.41) is 4.57. The van der Waals surface area contributed by atoms with Crippen molar-refractivity contribution in [3.05, 3.63) is 65.8 Å². The van der Waals surface area contributed by atoms with E-state index in [1.807, 2.05) is 37.5 Å². The van der Waals surface area contributed by atoms with Crippen molar-refractivity contribution in [2.24, 2.45) is 0 Å². The number of nitrogens with zero attached hydrogens (tertiary/aromatic N) is 2. The topological polar surface area (TPSA) is 50.5 Å². The molecule has 1 unspecified atom stereocenters. The summed E-state index contributed by atoms with van der Waals surface area (Å²) in [5.74, 6) is 0.0343. The fraction of sp³-hybridized carbons (Fsp3) is 0.350. The van der Waals surface area contributed by atoms with Crippen LogP contribution in [0.3, 0.4) is 0 Å². The monoisotopic (exact) mass is 405 g/mol. The van der Waals surface area contributed by atoms with Crippen molar-refractivity contribution in [3.8, 4) is 0 Å². The highest BCUT2D eigenvalue weighted by atomic mass is 35.5. The Morgan fingerprint density at radius 3 is 2.78 bits per heavy atom. The summed E-state index contributed by atoms with van der Waals surface area (Å²) in [6.07, 6.45) is 9.88. The molecule has 1 aliphatic heterocycles. The van der Waals surface area contributed by atoms with E-state index < -0.39 is 0 Å². The number of rotatable bonds is 8. The van der Waals surface area contributed by atoms with E-state index in [1.54, 1.807) is 11.8 Å². The summed E-state index contributed by atoms with van der Waals surface area (Å²) < 4.78 is 11.1. The lowest BCUT2D eigenvalue weighted by molar-refractivity contribution is 0.0434. The maximum absolute atomic E-state index is 5.97. The summed E-state index contributed by atoms with van der Waals surface area (Å²) in [7, 11) is 1.89. The normalized spacial score (nSPS) is 17.0. The number of aromatic nitrogens is 1. The van der Waals surface area contributed by atoms with Crippen LogP contribution in [0, 0.1) is 0 Å². The number of oxazole rings is 1. The molecular formula is C20H24ClN3O2S. The highest BCUT2D eigenvalue weighted by Crippen LogP contribution is 2.35. The number of ether oxygens (including phenoxy) is 1. The van der Waals surface area contributed by atoms with Gasteiger partial charge < -0.3 is 14.5 Å². The Morgan fingerprint density at radius 2 is 2.04 bits per heavy atom. The van der Waals surface area contributed by atoms with Crippen molar-refractivity contribution in [1.29, 1.82) is 0 Å². The molecule has 1 aromatic heterocycles. The molecule has 7 heteroatoms. The van der Waals surface area contributed by atoms with Gasteiger partial charge in [-0.3, -0.25) is 4.90 Å². The molecule has 2 aromatic rings. The van der Waals surface area contributed by atoms with Crippen molar-refractivity contribution in [3.63, 3.8) is 0 Å². The first-order chi connectivity index (χ1) is 13.3. The molecule has 5 nitrogen and oxygen atoms in total. The van der Waals surface area contributed by atoms with E-state index in [9.17, 15) is 0 Å². The van der Waals surface area contributed by atoms with E-state index in [2.05, 4.69) is 33.4 Å². The molecule has 0 amide bonds. The molecule has 0 spiro atoms. The van der Waals surface area contributed by atoms with Gasteiger partial charge in [0.2, 0.25) is 0 Å². The standard InChI is InChI=1S/C20H24ClN3O2S/c1-22-9-8-16(3-2-10-24-11-13-25-14-12-24)19-20(26-15-23-19)27-18-6-4-17(21)5-7-18/h2-9,15-16,22H,10-14H2,1H3/b3-2-,9-8?. The molecular weight excluding hydrogens is 382 g/mol. The molecule has 144 valence electrons.